The van der Waals surface area contributed by atoms with Crippen LogP contribution in [0, 0.1) is 0 Å². The second kappa shape index (κ2) is 10.9. The molecule has 3 aromatic heterocycles. The van der Waals surface area contributed by atoms with E-state index in [0.29, 0.717) is 61.5 Å². The number of morpholine rings is 1. The number of benzene rings is 1. The van der Waals surface area contributed by atoms with Crippen molar-refractivity contribution in [3.05, 3.63) is 42.5 Å². The minimum atomic E-state index is -2.83. The van der Waals surface area contributed by atoms with Gasteiger partial charge in [-0.25, -0.2) is 23.7 Å². The molecule has 1 fully saturated rings. The molecule has 194 valence electrons. The predicted molar refractivity (Wildman–Crippen MR) is 135 cm³/mol. The van der Waals surface area contributed by atoms with Gasteiger partial charge in [-0.3, -0.25) is 4.57 Å². The highest BCUT2D eigenvalue weighted by Gasteiger charge is 2.24. The van der Waals surface area contributed by atoms with Crippen molar-refractivity contribution in [1.82, 2.24) is 39.4 Å². The highest BCUT2D eigenvalue weighted by Crippen LogP contribution is 2.28. The first-order chi connectivity index (χ1) is 18.0. The number of rotatable bonds is 9. The van der Waals surface area contributed by atoms with Gasteiger partial charge in [-0.1, -0.05) is 12.1 Å². The van der Waals surface area contributed by atoms with Gasteiger partial charge in [0.1, 0.15) is 0 Å². The third-order valence-corrected chi connectivity index (χ3v) is 5.64. The fourth-order valence-electron chi connectivity index (χ4n) is 3.82. The lowest BCUT2D eigenvalue weighted by atomic mass is 10.3. The Morgan fingerprint density at radius 2 is 1.70 bits per heavy atom. The molecular formula is C23H27F2N11O. The molecule has 4 aromatic rings. The molecule has 0 atom stereocenters. The van der Waals surface area contributed by atoms with E-state index < -0.39 is 12.2 Å². The first-order valence-electron chi connectivity index (χ1n) is 11.8. The Kier molecular flexibility index (Phi) is 7.28. The molecule has 0 bridgehead atoms. The van der Waals surface area contributed by atoms with Crippen LogP contribution in [0.4, 0.5) is 32.3 Å². The number of para-hydroxylation sites is 2. The average Bonchev–Trinajstić information content (AvgIpc) is 3.30. The van der Waals surface area contributed by atoms with Crippen molar-refractivity contribution >= 4 is 34.6 Å². The quantitative estimate of drug-likeness (QED) is 0.345. The highest BCUT2D eigenvalue weighted by molar-refractivity contribution is 5.77. The van der Waals surface area contributed by atoms with Crippen molar-refractivity contribution in [1.29, 1.82) is 0 Å². The summed E-state index contributed by atoms with van der Waals surface area (Å²) in [4.78, 5) is 30.3. The van der Waals surface area contributed by atoms with Crippen LogP contribution < -0.4 is 15.5 Å². The number of ether oxygens (including phenoxy) is 1. The maximum absolute atomic E-state index is 14.0. The van der Waals surface area contributed by atoms with E-state index in [9.17, 15) is 8.78 Å². The highest BCUT2D eigenvalue weighted by atomic mass is 19.3. The number of nitrogens with one attached hydrogen (secondary N) is 2. The molecule has 0 saturated carbocycles. The van der Waals surface area contributed by atoms with Crippen LogP contribution >= 0.6 is 0 Å². The molecule has 0 aliphatic carbocycles. The summed E-state index contributed by atoms with van der Waals surface area (Å²) in [5.41, 5.74) is 1.43. The average molecular weight is 512 g/mol. The van der Waals surface area contributed by atoms with E-state index in [2.05, 4.69) is 45.4 Å². The number of fused-ring (bicyclic) bond motifs is 1. The third-order valence-electron chi connectivity index (χ3n) is 5.64. The Balaban J connectivity index is 1.50. The van der Waals surface area contributed by atoms with Crippen LogP contribution in [-0.2, 0) is 4.74 Å². The lowest BCUT2D eigenvalue weighted by Crippen LogP contribution is -2.37. The summed E-state index contributed by atoms with van der Waals surface area (Å²) < 4.78 is 34.7. The van der Waals surface area contributed by atoms with Crippen molar-refractivity contribution in [3.8, 4) is 5.95 Å². The standard InChI is InChI=1S/C23H27F2N11O/c1-34(2)8-7-26-20-27-13-15(14-28-20)29-21-31-22(35-9-11-37-12-10-35)33-23(32-21)36-17-6-4-3-5-16(17)30-19(36)18(24)25/h3-6,13-14,18H,7-12H2,1-2H3,(H,26,27,28)(H,29,31,32,33). The van der Waals surface area contributed by atoms with Crippen LogP contribution in [0.1, 0.15) is 12.2 Å². The lowest BCUT2D eigenvalue weighted by molar-refractivity contribution is 0.122. The normalized spacial score (nSPS) is 14.1. The van der Waals surface area contributed by atoms with Gasteiger partial charge in [0, 0.05) is 26.2 Å². The summed E-state index contributed by atoms with van der Waals surface area (Å²) in [6.45, 7) is 3.68. The number of halogens is 2. The molecule has 5 rings (SSSR count). The molecule has 4 heterocycles. The first kappa shape index (κ1) is 24.6. The summed E-state index contributed by atoms with van der Waals surface area (Å²) in [5.74, 6) is 0.593. The Labute approximate surface area is 211 Å². The van der Waals surface area contributed by atoms with Crippen molar-refractivity contribution in [3.63, 3.8) is 0 Å². The van der Waals surface area contributed by atoms with Crippen molar-refractivity contribution in [2.24, 2.45) is 0 Å². The second-order valence-corrected chi connectivity index (χ2v) is 8.60. The van der Waals surface area contributed by atoms with Gasteiger partial charge in [0.15, 0.2) is 5.82 Å². The summed E-state index contributed by atoms with van der Waals surface area (Å²) >= 11 is 0. The van der Waals surface area contributed by atoms with Crippen LogP contribution in [0.15, 0.2) is 36.7 Å². The Hall–Kier alpha value is -4.04. The minimum absolute atomic E-state index is 0.0332. The van der Waals surface area contributed by atoms with Crippen LogP contribution in [0.3, 0.4) is 0 Å². The molecule has 0 spiro atoms. The Bertz CT molecular complexity index is 1340. The molecule has 12 nitrogen and oxygen atoms in total. The zero-order valence-electron chi connectivity index (χ0n) is 20.5. The summed E-state index contributed by atoms with van der Waals surface area (Å²) in [6, 6.07) is 6.87. The van der Waals surface area contributed by atoms with E-state index in [1.165, 1.54) is 4.57 Å². The van der Waals surface area contributed by atoms with Gasteiger partial charge in [0.2, 0.25) is 23.8 Å². The zero-order valence-corrected chi connectivity index (χ0v) is 20.5. The van der Waals surface area contributed by atoms with Gasteiger partial charge in [-0.05, 0) is 26.2 Å². The van der Waals surface area contributed by atoms with E-state index in [-0.39, 0.29) is 11.9 Å². The van der Waals surface area contributed by atoms with Crippen LogP contribution in [-0.4, -0.2) is 92.9 Å². The number of likely N-dealkylation sites (N-methyl/N-ethyl adjacent to an activating group) is 1. The molecule has 0 unspecified atom stereocenters. The van der Waals surface area contributed by atoms with E-state index >= 15 is 0 Å². The summed E-state index contributed by atoms with van der Waals surface area (Å²) in [7, 11) is 3.97. The van der Waals surface area contributed by atoms with Crippen molar-refractivity contribution in [2.75, 3.05) is 69.0 Å². The fraction of sp³-hybridized carbons (Fsp3) is 0.391. The maximum atomic E-state index is 14.0. The van der Waals surface area contributed by atoms with Crippen molar-refractivity contribution < 1.29 is 13.5 Å². The smallest absolute Gasteiger partial charge is 0.296 e. The monoisotopic (exact) mass is 511 g/mol. The van der Waals surface area contributed by atoms with Gasteiger partial charge in [0.25, 0.3) is 6.43 Å². The third kappa shape index (κ3) is 5.70. The lowest BCUT2D eigenvalue weighted by Gasteiger charge is -2.27. The molecule has 1 aliphatic rings. The zero-order chi connectivity index (χ0) is 25.8. The largest absolute Gasteiger partial charge is 0.378 e. The van der Waals surface area contributed by atoms with Crippen LogP contribution in [0.5, 0.6) is 0 Å². The first-order valence-corrected chi connectivity index (χ1v) is 11.8. The fourth-order valence-corrected chi connectivity index (χ4v) is 3.82. The van der Waals surface area contributed by atoms with E-state index in [4.69, 9.17) is 4.74 Å². The number of alkyl halides is 2. The van der Waals surface area contributed by atoms with E-state index in [1.54, 1.807) is 36.7 Å². The number of aromatic nitrogens is 7. The van der Waals surface area contributed by atoms with Gasteiger partial charge >= 0.3 is 0 Å². The van der Waals surface area contributed by atoms with Crippen LogP contribution in [0.25, 0.3) is 17.0 Å². The predicted octanol–water partition coefficient (Wildman–Crippen LogP) is 2.49. The molecule has 1 aliphatic heterocycles. The van der Waals surface area contributed by atoms with Gasteiger partial charge in [-0.2, -0.15) is 15.0 Å². The molecule has 1 aromatic carbocycles. The number of anilines is 4. The topological polar surface area (TPSA) is 122 Å². The van der Waals surface area contributed by atoms with Gasteiger partial charge < -0.3 is 25.2 Å². The number of nitrogens with zero attached hydrogens (tertiary/aromatic N) is 9. The number of hydrogen-bond acceptors (Lipinski definition) is 11. The Morgan fingerprint density at radius 3 is 2.43 bits per heavy atom. The van der Waals surface area contributed by atoms with E-state index in [0.717, 1.165) is 6.54 Å². The molecular weight excluding hydrogens is 484 g/mol. The van der Waals surface area contributed by atoms with Gasteiger partial charge in [0.05, 0.1) is 42.3 Å². The molecule has 2 N–H and O–H groups in total. The molecule has 0 radical (unpaired) electrons. The van der Waals surface area contributed by atoms with Crippen molar-refractivity contribution in [2.45, 2.75) is 6.43 Å². The van der Waals surface area contributed by atoms with Gasteiger partial charge in [-0.15, -0.1) is 0 Å². The SMILES string of the molecule is CN(C)CCNc1ncc(Nc2nc(N3CCOCC3)nc(-n3c(C(F)F)nc4ccccc43)n2)cn1. The number of hydrogen-bond donors (Lipinski definition) is 2. The maximum Gasteiger partial charge on any atom is 0.296 e. The minimum Gasteiger partial charge on any atom is -0.378 e. The molecule has 37 heavy (non-hydrogen) atoms. The molecule has 14 heteroatoms. The number of imidazole rings is 1. The second-order valence-electron chi connectivity index (χ2n) is 8.60. The summed E-state index contributed by atoms with van der Waals surface area (Å²) in [6.07, 6.45) is 0.369. The van der Waals surface area contributed by atoms with Crippen LogP contribution in [0.2, 0.25) is 0 Å². The molecule has 1 saturated heterocycles. The summed E-state index contributed by atoms with van der Waals surface area (Å²) in [5, 5.41) is 6.23. The Morgan fingerprint density at radius 1 is 0.973 bits per heavy atom. The van der Waals surface area contributed by atoms with E-state index in [1.807, 2.05) is 19.0 Å². The molecule has 0 amide bonds.